The van der Waals surface area contributed by atoms with Gasteiger partial charge in [0.05, 0.1) is 11.4 Å². The smallest absolute Gasteiger partial charge is 0.0538 e. The molecule has 2 aromatic rings. The summed E-state index contributed by atoms with van der Waals surface area (Å²) < 4.78 is 11.3. The maximum Gasteiger partial charge on any atom is 0.0538 e. The minimum Gasteiger partial charge on any atom is -0.259 e. The summed E-state index contributed by atoms with van der Waals surface area (Å²) in [5, 5.41) is 0. The van der Waals surface area contributed by atoms with Crippen molar-refractivity contribution in [2.75, 3.05) is 11.5 Å². The van der Waals surface area contributed by atoms with Gasteiger partial charge in [-0.2, -0.15) is 11.8 Å². The fourth-order valence-corrected chi connectivity index (χ4v) is 5.37. The van der Waals surface area contributed by atoms with Gasteiger partial charge in [-0.3, -0.25) is 14.2 Å². The summed E-state index contributed by atoms with van der Waals surface area (Å²) in [5.74, 6) is 4.87. The Morgan fingerprint density at radius 1 is 0.889 bits per heavy atom. The predicted octanol–water partition coefficient (Wildman–Crippen LogP) is 5.00. The maximum atomic E-state index is 11.3. The molecule has 1 unspecified atom stereocenters. The van der Waals surface area contributed by atoms with Crippen LogP contribution in [-0.2, 0) is 35.1 Å². The Balaban J connectivity index is 0.000000156. The van der Waals surface area contributed by atoms with E-state index in [-0.39, 0.29) is 0 Å². The second-order valence-corrected chi connectivity index (χ2v) is 10.5. The molecule has 1 atom stereocenters. The average molecular weight is 403 g/mol. The summed E-state index contributed by atoms with van der Waals surface area (Å²) in [7, 11) is -0.659. The van der Waals surface area contributed by atoms with Gasteiger partial charge in [-0.25, -0.2) is 0 Å². The second kappa shape index (κ2) is 9.33. The average Bonchev–Trinajstić information content (AvgIpc) is 2.67. The lowest BCUT2D eigenvalue weighted by molar-refractivity contribution is 0.677. The predicted molar refractivity (Wildman–Crippen MR) is 117 cm³/mol. The van der Waals surface area contributed by atoms with E-state index in [1.807, 2.05) is 11.8 Å². The molecule has 0 saturated heterocycles. The first kappa shape index (κ1) is 20.5. The normalized spacial score (nSPS) is 18.5. The van der Waals surface area contributed by atoms with E-state index < -0.39 is 10.8 Å². The summed E-state index contributed by atoms with van der Waals surface area (Å²) in [6.07, 6.45) is 2.08. The Kier molecular flexibility index (Phi) is 7.10. The summed E-state index contributed by atoms with van der Waals surface area (Å²) in [6.45, 7) is 8.70. The zero-order valence-electron chi connectivity index (χ0n) is 16.8. The molecule has 0 fully saturated rings. The first-order valence-electron chi connectivity index (χ1n) is 9.84. The van der Waals surface area contributed by atoms with Crippen LogP contribution in [-0.4, -0.2) is 25.7 Å². The number of aromatic nitrogens is 2. The molecule has 0 bridgehead atoms. The lowest BCUT2D eigenvalue weighted by Gasteiger charge is -2.16. The number of thioether (sulfide) groups is 1. The van der Waals surface area contributed by atoms with Gasteiger partial charge in [0.2, 0.25) is 0 Å². The highest BCUT2D eigenvalue weighted by Crippen LogP contribution is 2.25. The molecule has 0 spiro atoms. The Morgan fingerprint density at radius 3 is 2.19 bits per heavy atom. The van der Waals surface area contributed by atoms with Crippen molar-refractivity contribution in [3.05, 3.63) is 58.2 Å². The molecule has 27 heavy (non-hydrogen) atoms. The highest BCUT2D eigenvalue weighted by atomic mass is 32.2. The van der Waals surface area contributed by atoms with E-state index in [1.54, 1.807) is 0 Å². The van der Waals surface area contributed by atoms with Crippen molar-refractivity contribution in [3.63, 3.8) is 0 Å². The van der Waals surface area contributed by atoms with Crippen LogP contribution >= 0.6 is 11.8 Å². The van der Waals surface area contributed by atoms with Crippen LogP contribution in [0.2, 0.25) is 0 Å². The number of aryl methyl sites for hydroxylation is 2. The van der Waals surface area contributed by atoms with Crippen LogP contribution in [0.5, 0.6) is 0 Å². The van der Waals surface area contributed by atoms with E-state index in [1.165, 1.54) is 34.7 Å². The second-order valence-electron chi connectivity index (χ2n) is 7.83. The molecule has 0 aromatic carbocycles. The van der Waals surface area contributed by atoms with Gasteiger partial charge < -0.3 is 0 Å². The van der Waals surface area contributed by atoms with Crippen LogP contribution < -0.4 is 0 Å². The summed E-state index contributed by atoms with van der Waals surface area (Å²) in [5.41, 5.74) is 7.51. The molecule has 2 aromatic heterocycles. The molecule has 0 saturated carbocycles. The Labute approximate surface area is 170 Å². The molecule has 3 nitrogen and oxygen atoms in total. The standard InChI is InChI=1S/C11H15NOS.C11H15NS/c1-8(2)10-4-3-9-7-14(13)6-5-11(9)12-10;1-8(2)10-4-3-9-5-6-13-7-11(9)12-10/h3-4,8H,5-7H2,1-2H3;3-4,8H,5-7H2,1-2H3. The lowest BCUT2D eigenvalue weighted by atomic mass is 10.1. The topological polar surface area (TPSA) is 42.9 Å². The minimum absolute atomic E-state index is 0.479. The van der Waals surface area contributed by atoms with Gasteiger partial charge in [0.25, 0.3) is 0 Å². The number of fused-ring (bicyclic) bond motifs is 2. The van der Waals surface area contributed by atoms with Crippen molar-refractivity contribution in [2.24, 2.45) is 0 Å². The van der Waals surface area contributed by atoms with Gasteiger partial charge in [-0.15, -0.1) is 0 Å². The minimum atomic E-state index is -0.659. The number of pyridine rings is 2. The summed E-state index contributed by atoms with van der Waals surface area (Å²) in [6, 6.07) is 8.59. The number of hydrogen-bond donors (Lipinski definition) is 0. The van der Waals surface area contributed by atoms with Gasteiger partial charge in [-0.1, -0.05) is 39.8 Å². The van der Waals surface area contributed by atoms with Crippen molar-refractivity contribution in [3.8, 4) is 0 Å². The fraction of sp³-hybridized carbons (Fsp3) is 0.545. The number of hydrogen-bond acceptors (Lipinski definition) is 4. The molecule has 4 rings (SSSR count). The van der Waals surface area contributed by atoms with E-state index in [9.17, 15) is 4.21 Å². The quantitative estimate of drug-likeness (QED) is 0.709. The van der Waals surface area contributed by atoms with E-state index in [0.717, 1.165) is 29.3 Å². The van der Waals surface area contributed by atoms with Gasteiger partial charge in [0.15, 0.2) is 0 Å². The van der Waals surface area contributed by atoms with Crippen molar-refractivity contribution >= 4 is 22.6 Å². The lowest BCUT2D eigenvalue weighted by Crippen LogP contribution is -2.15. The zero-order chi connectivity index (χ0) is 19.4. The van der Waals surface area contributed by atoms with E-state index in [4.69, 9.17) is 4.98 Å². The monoisotopic (exact) mass is 402 g/mol. The first-order chi connectivity index (χ1) is 12.9. The Hall–Kier alpha value is -1.20. The van der Waals surface area contributed by atoms with Crippen molar-refractivity contribution in [2.45, 2.75) is 63.9 Å². The largest absolute Gasteiger partial charge is 0.259 e. The third kappa shape index (κ3) is 5.41. The third-order valence-corrected chi connectivity index (χ3v) is 7.26. The van der Waals surface area contributed by atoms with Gasteiger partial charge in [-0.05, 0) is 47.3 Å². The summed E-state index contributed by atoms with van der Waals surface area (Å²) >= 11 is 2.00. The number of rotatable bonds is 2. The van der Waals surface area contributed by atoms with Crippen LogP contribution in [0.25, 0.3) is 0 Å². The number of nitrogens with zero attached hydrogens (tertiary/aromatic N) is 2. The van der Waals surface area contributed by atoms with Crippen LogP contribution in [0, 0.1) is 0 Å². The van der Waals surface area contributed by atoms with Crippen LogP contribution in [0.3, 0.4) is 0 Å². The van der Waals surface area contributed by atoms with E-state index >= 15 is 0 Å². The molecular formula is C22H30N2OS2. The molecule has 5 heteroatoms. The van der Waals surface area contributed by atoms with Crippen molar-refractivity contribution < 1.29 is 4.21 Å². The molecule has 0 radical (unpaired) electrons. The Morgan fingerprint density at radius 2 is 1.52 bits per heavy atom. The van der Waals surface area contributed by atoms with Crippen LogP contribution in [0.4, 0.5) is 0 Å². The van der Waals surface area contributed by atoms with Crippen LogP contribution in [0.1, 0.15) is 73.4 Å². The van der Waals surface area contributed by atoms with Gasteiger partial charge in [0.1, 0.15) is 0 Å². The van der Waals surface area contributed by atoms with E-state index in [0.29, 0.717) is 17.6 Å². The first-order valence-corrected chi connectivity index (χ1v) is 12.5. The SMILES string of the molecule is CC(C)c1ccc2c(n1)CCS(=O)C2.CC(C)c1ccc2c(n1)CSCC2. The molecule has 2 aliphatic rings. The highest BCUT2D eigenvalue weighted by molar-refractivity contribution is 7.98. The summed E-state index contributed by atoms with van der Waals surface area (Å²) in [4.78, 5) is 9.30. The van der Waals surface area contributed by atoms with E-state index in [2.05, 4.69) is 56.9 Å². The highest BCUT2D eigenvalue weighted by Gasteiger charge is 2.16. The molecule has 2 aliphatic heterocycles. The molecule has 0 aliphatic carbocycles. The van der Waals surface area contributed by atoms with Gasteiger partial charge >= 0.3 is 0 Å². The molecule has 0 amide bonds. The van der Waals surface area contributed by atoms with Crippen LogP contribution in [0.15, 0.2) is 24.3 Å². The molecule has 146 valence electrons. The molecule has 4 heterocycles. The van der Waals surface area contributed by atoms with Gasteiger partial charge in [0, 0.05) is 45.8 Å². The molecule has 0 N–H and O–H groups in total. The fourth-order valence-electron chi connectivity index (χ4n) is 3.24. The third-order valence-electron chi connectivity index (χ3n) is 5.00. The van der Waals surface area contributed by atoms with Crippen molar-refractivity contribution in [1.82, 2.24) is 9.97 Å². The zero-order valence-corrected chi connectivity index (χ0v) is 18.5. The molecular weight excluding hydrogens is 372 g/mol. The maximum absolute atomic E-state index is 11.3. The Bertz CT molecular complexity index is 818. The van der Waals surface area contributed by atoms with Crippen molar-refractivity contribution in [1.29, 1.82) is 0 Å².